The molecule has 0 bridgehead atoms. The Hall–Kier alpha value is -3.46. The number of carbonyl (C=O) groups excluding carboxylic acids is 2. The predicted molar refractivity (Wildman–Crippen MR) is 113 cm³/mol. The lowest BCUT2D eigenvalue weighted by atomic mass is 10.1. The van der Waals surface area contributed by atoms with Crippen LogP contribution in [0.15, 0.2) is 48.5 Å². The Morgan fingerprint density at radius 3 is 2.57 bits per heavy atom. The molecule has 30 heavy (non-hydrogen) atoms. The number of carbonyl (C=O) groups is 2. The summed E-state index contributed by atoms with van der Waals surface area (Å²) in [6.07, 6.45) is 0. The molecule has 0 aliphatic heterocycles. The van der Waals surface area contributed by atoms with Crippen molar-refractivity contribution in [3.63, 3.8) is 0 Å². The molecule has 2 aromatic carbocycles. The first-order valence-corrected chi connectivity index (χ1v) is 9.74. The van der Waals surface area contributed by atoms with Crippen molar-refractivity contribution in [2.75, 3.05) is 17.2 Å². The van der Waals surface area contributed by atoms with E-state index in [-0.39, 0.29) is 24.2 Å². The van der Waals surface area contributed by atoms with Crippen LogP contribution in [0, 0.1) is 0 Å². The number of hydrogen-bond donors (Lipinski definition) is 2. The maximum absolute atomic E-state index is 12.3. The molecule has 0 aliphatic rings. The lowest BCUT2D eigenvalue weighted by molar-refractivity contribution is -0.117. The van der Waals surface area contributed by atoms with Gasteiger partial charge in [0.15, 0.2) is 0 Å². The van der Waals surface area contributed by atoms with Gasteiger partial charge in [-0.15, -0.1) is 21.8 Å². The third kappa shape index (κ3) is 5.54. The van der Waals surface area contributed by atoms with E-state index in [0.717, 1.165) is 5.75 Å². The number of tetrazole rings is 1. The first-order chi connectivity index (χ1) is 14.5. The number of para-hydroxylation sites is 1. The molecule has 2 N–H and O–H groups in total. The molecule has 3 aromatic rings. The van der Waals surface area contributed by atoms with Crippen molar-refractivity contribution in [1.29, 1.82) is 0 Å². The van der Waals surface area contributed by atoms with Gasteiger partial charge in [-0.3, -0.25) is 9.59 Å². The molecule has 1 aromatic heterocycles. The average Bonchev–Trinajstić information content (AvgIpc) is 3.18. The van der Waals surface area contributed by atoms with Gasteiger partial charge in [0.2, 0.25) is 17.6 Å². The number of benzene rings is 2. The molecule has 2 amide bonds. The third-order valence-electron chi connectivity index (χ3n) is 3.97. The third-order valence-corrected chi connectivity index (χ3v) is 4.17. The van der Waals surface area contributed by atoms with Crippen molar-refractivity contribution in [1.82, 2.24) is 20.2 Å². The highest BCUT2D eigenvalue weighted by Crippen LogP contribution is 2.24. The highest BCUT2D eigenvalue weighted by atomic mass is 35.5. The van der Waals surface area contributed by atoms with Gasteiger partial charge < -0.3 is 15.4 Å². The normalized spacial score (nSPS) is 11.6. The molecule has 156 valence electrons. The lowest BCUT2D eigenvalue weighted by Gasteiger charge is -2.09. The van der Waals surface area contributed by atoms with Crippen LogP contribution < -0.4 is 15.4 Å². The summed E-state index contributed by atoms with van der Waals surface area (Å²) in [7, 11) is 0. The highest BCUT2D eigenvalue weighted by molar-refractivity contribution is 6.32. The molecule has 3 rings (SSSR count). The van der Waals surface area contributed by atoms with Crippen LogP contribution in [0.4, 0.5) is 11.4 Å². The molecule has 0 saturated carbocycles. The van der Waals surface area contributed by atoms with Crippen LogP contribution >= 0.6 is 11.6 Å². The Morgan fingerprint density at radius 1 is 1.13 bits per heavy atom. The zero-order valence-corrected chi connectivity index (χ0v) is 17.3. The van der Waals surface area contributed by atoms with Gasteiger partial charge in [-0.25, -0.2) is 0 Å². The zero-order valence-electron chi connectivity index (χ0n) is 16.5. The van der Waals surface area contributed by atoms with Crippen LogP contribution in [-0.2, 0) is 16.1 Å². The molecular formula is C20H21ClN6O3. The fourth-order valence-electron chi connectivity index (χ4n) is 2.57. The van der Waals surface area contributed by atoms with Crippen LogP contribution in [0.2, 0.25) is 0 Å². The van der Waals surface area contributed by atoms with Crippen LogP contribution in [-0.4, -0.2) is 44.0 Å². The van der Waals surface area contributed by atoms with E-state index >= 15 is 0 Å². The number of nitrogens with one attached hydrogen (secondary N) is 2. The standard InChI is InChI=1S/C20H21ClN6O3/c1-3-30-15-10-8-14(9-11-15)22-18(28)12-27-25-19(24-26-27)16-6-4-5-7-17(16)23-20(29)13(2)21/h4-11,13H,3,12H2,1-2H3,(H,22,28)(H,23,29)/t13-/m0/s1. The Bertz CT molecular complexity index is 1020. The number of amides is 2. The number of ether oxygens (including phenoxy) is 1. The number of rotatable bonds is 8. The molecule has 1 atom stereocenters. The first kappa shape index (κ1) is 21.3. The second-order valence-corrected chi connectivity index (χ2v) is 6.95. The predicted octanol–water partition coefficient (Wildman–Crippen LogP) is 2.94. The fraction of sp³-hybridized carbons (Fsp3) is 0.250. The van der Waals surface area contributed by atoms with Crippen molar-refractivity contribution >= 4 is 34.8 Å². The molecule has 0 spiro atoms. The van der Waals surface area contributed by atoms with Crippen LogP contribution in [0.1, 0.15) is 13.8 Å². The number of hydrogen-bond acceptors (Lipinski definition) is 6. The van der Waals surface area contributed by atoms with E-state index in [1.54, 1.807) is 55.5 Å². The minimum Gasteiger partial charge on any atom is -0.494 e. The van der Waals surface area contributed by atoms with Crippen molar-refractivity contribution < 1.29 is 14.3 Å². The van der Waals surface area contributed by atoms with E-state index in [9.17, 15) is 9.59 Å². The second kappa shape index (κ2) is 9.84. The smallest absolute Gasteiger partial charge is 0.248 e. The zero-order chi connectivity index (χ0) is 21.5. The minimum absolute atomic E-state index is 0.118. The van der Waals surface area contributed by atoms with Crippen molar-refractivity contribution in [3.8, 4) is 17.1 Å². The van der Waals surface area contributed by atoms with Crippen molar-refractivity contribution in [3.05, 3.63) is 48.5 Å². The van der Waals surface area contributed by atoms with Crippen molar-refractivity contribution in [2.45, 2.75) is 25.8 Å². The Balaban J connectivity index is 1.66. The number of anilines is 2. The van der Waals surface area contributed by atoms with Gasteiger partial charge in [-0.1, -0.05) is 12.1 Å². The first-order valence-electron chi connectivity index (χ1n) is 9.31. The highest BCUT2D eigenvalue weighted by Gasteiger charge is 2.16. The lowest BCUT2D eigenvalue weighted by Crippen LogP contribution is -2.21. The number of aromatic nitrogens is 4. The van der Waals surface area contributed by atoms with E-state index < -0.39 is 5.38 Å². The minimum atomic E-state index is -0.687. The maximum Gasteiger partial charge on any atom is 0.248 e. The van der Waals surface area contributed by atoms with Crippen molar-refractivity contribution in [2.24, 2.45) is 0 Å². The summed E-state index contributed by atoms with van der Waals surface area (Å²) < 4.78 is 5.37. The maximum atomic E-state index is 12.3. The largest absolute Gasteiger partial charge is 0.494 e. The Morgan fingerprint density at radius 2 is 1.87 bits per heavy atom. The molecule has 10 heteroatoms. The molecule has 9 nitrogen and oxygen atoms in total. The molecular weight excluding hydrogens is 408 g/mol. The van der Waals surface area contributed by atoms with E-state index in [1.807, 2.05) is 6.92 Å². The van der Waals surface area contributed by atoms with Gasteiger partial charge in [0.25, 0.3) is 0 Å². The summed E-state index contributed by atoms with van der Waals surface area (Å²) in [5.41, 5.74) is 1.71. The number of alkyl halides is 1. The van der Waals surface area contributed by atoms with E-state index in [1.165, 1.54) is 4.80 Å². The van der Waals surface area contributed by atoms with Gasteiger partial charge in [0.1, 0.15) is 17.7 Å². The van der Waals surface area contributed by atoms with E-state index in [0.29, 0.717) is 23.5 Å². The number of nitrogens with zero attached hydrogens (tertiary/aromatic N) is 4. The second-order valence-electron chi connectivity index (χ2n) is 6.30. The summed E-state index contributed by atoms with van der Waals surface area (Å²) in [6.45, 7) is 3.94. The van der Waals surface area contributed by atoms with E-state index in [4.69, 9.17) is 16.3 Å². The van der Waals surface area contributed by atoms with Gasteiger partial charge >= 0.3 is 0 Å². The summed E-state index contributed by atoms with van der Waals surface area (Å²) in [5, 5.41) is 17.0. The monoisotopic (exact) mass is 428 g/mol. The van der Waals surface area contributed by atoms with Gasteiger partial charge in [0.05, 0.1) is 12.3 Å². The van der Waals surface area contributed by atoms with Crippen LogP contribution in [0.25, 0.3) is 11.4 Å². The van der Waals surface area contributed by atoms with Gasteiger partial charge in [-0.2, -0.15) is 4.80 Å². The Labute approximate surface area is 178 Å². The van der Waals surface area contributed by atoms with E-state index in [2.05, 4.69) is 26.0 Å². The molecule has 0 unspecified atom stereocenters. The molecule has 0 aliphatic carbocycles. The summed E-state index contributed by atoms with van der Waals surface area (Å²) in [4.78, 5) is 25.4. The summed E-state index contributed by atoms with van der Waals surface area (Å²) in [6, 6.07) is 14.1. The SMILES string of the molecule is CCOc1ccc(NC(=O)Cn2nnc(-c3ccccc3NC(=O)[C@H](C)Cl)n2)cc1. The Kier molecular flexibility index (Phi) is 6.97. The van der Waals surface area contributed by atoms with Gasteiger partial charge in [-0.05, 0) is 55.5 Å². The summed E-state index contributed by atoms with van der Waals surface area (Å²) in [5.74, 6) is 0.362. The number of halogens is 1. The molecule has 0 saturated heterocycles. The summed E-state index contributed by atoms with van der Waals surface area (Å²) >= 11 is 5.82. The fourth-order valence-corrected chi connectivity index (χ4v) is 2.62. The van der Waals surface area contributed by atoms with Gasteiger partial charge in [0, 0.05) is 11.3 Å². The molecule has 1 heterocycles. The average molecular weight is 429 g/mol. The molecule has 0 radical (unpaired) electrons. The molecule has 0 fully saturated rings. The topological polar surface area (TPSA) is 111 Å². The quantitative estimate of drug-likeness (QED) is 0.533. The van der Waals surface area contributed by atoms with Crippen LogP contribution in [0.3, 0.4) is 0 Å². The van der Waals surface area contributed by atoms with Crippen LogP contribution in [0.5, 0.6) is 5.75 Å².